The summed E-state index contributed by atoms with van der Waals surface area (Å²) in [5, 5.41) is 0. The van der Waals surface area contributed by atoms with Crippen LogP contribution in [0, 0.1) is 0 Å². The van der Waals surface area contributed by atoms with Gasteiger partial charge in [0.1, 0.15) is 0 Å². The molecule has 0 spiro atoms. The highest BCUT2D eigenvalue weighted by atomic mass is 14.2. The molecule has 0 aromatic rings. The van der Waals surface area contributed by atoms with E-state index in [9.17, 15) is 0 Å². The zero-order valence-corrected chi connectivity index (χ0v) is 9.40. The van der Waals surface area contributed by atoms with Crippen molar-refractivity contribution in [2.45, 2.75) is 52.4 Å². The van der Waals surface area contributed by atoms with Crippen LogP contribution >= 0.6 is 0 Å². The second kappa shape index (κ2) is 4.16. The van der Waals surface area contributed by atoms with E-state index in [0.717, 1.165) is 0 Å². The molecule has 1 fully saturated rings. The van der Waals surface area contributed by atoms with Gasteiger partial charge >= 0.3 is 0 Å². The first-order chi connectivity index (χ1) is 6.77. The largest absolute Gasteiger partial charge is 0.0772 e. The SMILES string of the molecule is CC1=CCC(=C2CCCCC2)C(C)=C1. The Labute approximate surface area is 87.4 Å². The van der Waals surface area contributed by atoms with Crippen molar-refractivity contribution in [1.82, 2.24) is 0 Å². The lowest BCUT2D eigenvalue weighted by Gasteiger charge is -2.21. The van der Waals surface area contributed by atoms with Gasteiger partial charge in [-0.05, 0) is 57.1 Å². The van der Waals surface area contributed by atoms with Crippen LogP contribution in [0.4, 0.5) is 0 Å². The van der Waals surface area contributed by atoms with Gasteiger partial charge in [0, 0.05) is 0 Å². The Balaban J connectivity index is 2.22. The highest BCUT2D eigenvalue weighted by Crippen LogP contribution is 2.33. The quantitative estimate of drug-likeness (QED) is 0.523. The minimum absolute atomic E-state index is 1.18. The first-order valence-corrected chi connectivity index (χ1v) is 5.83. The second-order valence-corrected chi connectivity index (χ2v) is 4.62. The normalized spacial score (nSPS) is 23.3. The zero-order valence-electron chi connectivity index (χ0n) is 9.40. The summed E-state index contributed by atoms with van der Waals surface area (Å²) in [6.07, 6.45) is 12.9. The van der Waals surface area contributed by atoms with E-state index in [2.05, 4.69) is 26.0 Å². The van der Waals surface area contributed by atoms with Crippen molar-refractivity contribution in [1.29, 1.82) is 0 Å². The van der Waals surface area contributed by atoms with Gasteiger partial charge in [-0.25, -0.2) is 0 Å². The summed E-state index contributed by atoms with van der Waals surface area (Å²) in [4.78, 5) is 0. The predicted molar refractivity (Wildman–Crippen MR) is 62.2 cm³/mol. The fraction of sp³-hybridized carbons (Fsp3) is 0.571. The molecule has 76 valence electrons. The predicted octanol–water partition coefficient (Wildman–Crippen LogP) is 4.54. The average molecular weight is 188 g/mol. The highest BCUT2D eigenvalue weighted by Gasteiger charge is 2.13. The molecule has 1 saturated carbocycles. The van der Waals surface area contributed by atoms with E-state index >= 15 is 0 Å². The topological polar surface area (TPSA) is 0 Å². The lowest BCUT2D eigenvalue weighted by molar-refractivity contribution is 0.592. The molecule has 0 aromatic carbocycles. The molecule has 0 atom stereocenters. The average Bonchev–Trinajstić information content (AvgIpc) is 2.19. The van der Waals surface area contributed by atoms with E-state index in [-0.39, 0.29) is 0 Å². The van der Waals surface area contributed by atoms with Crippen LogP contribution in [-0.4, -0.2) is 0 Å². The van der Waals surface area contributed by atoms with Crippen molar-refractivity contribution in [3.8, 4) is 0 Å². The van der Waals surface area contributed by atoms with Crippen LogP contribution in [-0.2, 0) is 0 Å². The third-order valence-corrected chi connectivity index (χ3v) is 3.43. The molecule has 0 unspecified atom stereocenters. The molecule has 0 bridgehead atoms. The molecule has 0 heteroatoms. The molecule has 0 heterocycles. The van der Waals surface area contributed by atoms with Crippen molar-refractivity contribution >= 4 is 0 Å². The van der Waals surface area contributed by atoms with E-state index in [4.69, 9.17) is 0 Å². The maximum absolute atomic E-state index is 2.37. The van der Waals surface area contributed by atoms with Crippen LogP contribution in [0.15, 0.2) is 34.4 Å². The first kappa shape index (κ1) is 9.76. The molecular formula is C14H20. The Kier molecular flexibility index (Phi) is 2.90. The number of hydrogen-bond acceptors (Lipinski definition) is 0. The Bertz CT molecular complexity index is 305. The van der Waals surface area contributed by atoms with E-state index in [0.29, 0.717) is 0 Å². The number of rotatable bonds is 0. The van der Waals surface area contributed by atoms with Crippen molar-refractivity contribution in [2.24, 2.45) is 0 Å². The summed E-state index contributed by atoms with van der Waals surface area (Å²) >= 11 is 0. The number of allylic oxidation sites excluding steroid dienone is 6. The Morgan fingerprint density at radius 1 is 1.00 bits per heavy atom. The van der Waals surface area contributed by atoms with E-state index in [1.54, 1.807) is 11.1 Å². The maximum atomic E-state index is 2.37. The summed E-state index contributed by atoms with van der Waals surface area (Å²) in [7, 11) is 0. The van der Waals surface area contributed by atoms with Gasteiger partial charge in [0.05, 0.1) is 0 Å². The number of hydrogen-bond donors (Lipinski definition) is 0. The third-order valence-electron chi connectivity index (χ3n) is 3.43. The zero-order chi connectivity index (χ0) is 9.97. The molecule has 0 amide bonds. The second-order valence-electron chi connectivity index (χ2n) is 4.62. The summed E-state index contributed by atoms with van der Waals surface area (Å²) in [5.41, 5.74) is 6.34. The molecule has 2 aliphatic rings. The lowest BCUT2D eigenvalue weighted by atomic mass is 9.84. The lowest BCUT2D eigenvalue weighted by Crippen LogP contribution is -2.02. The van der Waals surface area contributed by atoms with Crippen molar-refractivity contribution in [2.75, 3.05) is 0 Å². The van der Waals surface area contributed by atoms with Crippen molar-refractivity contribution < 1.29 is 0 Å². The molecule has 0 aliphatic heterocycles. The van der Waals surface area contributed by atoms with Gasteiger partial charge in [0.2, 0.25) is 0 Å². The highest BCUT2D eigenvalue weighted by molar-refractivity contribution is 5.44. The van der Waals surface area contributed by atoms with E-state index in [1.165, 1.54) is 49.7 Å². The Morgan fingerprint density at radius 2 is 1.71 bits per heavy atom. The smallest absolute Gasteiger partial charge is 0.00896 e. The van der Waals surface area contributed by atoms with Crippen LogP contribution in [0.2, 0.25) is 0 Å². The maximum Gasteiger partial charge on any atom is -0.00896 e. The summed E-state index contributed by atoms with van der Waals surface area (Å²) < 4.78 is 0. The molecule has 0 nitrogen and oxygen atoms in total. The first-order valence-electron chi connectivity index (χ1n) is 5.83. The van der Waals surface area contributed by atoms with Crippen molar-refractivity contribution in [3.05, 3.63) is 34.4 Å². The summed E-state index contributed by atoms with van der Waals surface area (Å²) in [6, 6.07) is 0. The van der Waals surface area contributed by atoms with Crippen LogP contribution in [0.3, 0.4) is 0 Å². The van der Waals surface area contributed by atoms with E-state index < -0.39 is 0 Å². The van der Waals surface area contributed by atoms with Gasteiger partial charge in [0.25, 0.3) is 0 Å². The molecule has 0 N–H and O–H groups in total. The molecule has 0 radical (unpaired) electrons. The van der Waals surface area contributed by atoms with Gasteiger partial charge < -0.3 is 0 Å². The monoisotopic (exact) mass is 188 g/mol. The molecule has 0 aromatic heterocycles. The molecule has 14 heavy (non-hydrogen) atoms. The Hall–Kier alpha value is -0.780. The van der Waals surface area contributed by atoms with Gasteiger partial charge in [-0.3, -0.25) is 0 Å². The van der Waals surface area contributed by atoms with Crippen molar-refractivity contribution in [3.63, 3.8) is 0 Å². The van der Waals surface area contributed by atoms with Gasteiger partial charge in [0.15, 0.2) is 0 Å². The fourth-order valence-electron chi connectivity index (χ4n) is 2.62. The van der Waals surface area contributed by atoms with Crippen LogP contribution < -0.4 is 0 Å². The minimum atomic E-state index is 1.18. The van der Waals surface area contributed by atoms with E-state index in [1.807, 2.05) is 0 Å². The molecule has 0 saturated heterocycles. The summed E-state index contributed by atoms with van der Waals surface area (Å²) in [5.74, 6) is 0. The standard InChI is InChI=1S/C14H20/c1-11-8-9-14(12(2)10-11)13-6-4-3-5-7-13/h8,10H,3-7,9H2,1-2H3. The van der Waals surface area contributed by atoms with Gasteiger partial charge in [-0.2, -0.15) is 0 Å². The van der Waals surface area contributed by atoms with Crippen LogP contribution in [0.5, 0.6) is 0 Å². The molecular weight excluding hydrogens is 168 g/mol. The third kappa shape index (κ3) is 2.00. The van der Waals surface area contributed by atoms with Gasteiger partial charge in [-0.1, -0.05) is 29.7 Å². The molecule has 2 aliphatic carbocycles. The Morgan fingerprint density at radius 3 is 2.36 bits per heavy atom. The molecule has 2 rings (SSSR count). The summed E-state index contributed by atoms with van der Waals surface area (Å²) in [6.45, 7) is 4.47. The fourth-order valence-corrected chi connectivity index (χ4v) is 2.62. The van der Waals surface area contributed by atoms with Crippen LogP contribution in [0.25, 0.3) is 0 Å². The minimum Gasteiger partial charge on any atom is -0.0772 e. The van der Waals surface area contributed by atoms with Gasteiger partial charge in [-0.15, -0.1) is 0 Å². The van der Waals surface area contributed by atoms with Crippen LogP contribution in [0.1, 0.15) is 52.4 Å².